The van der Waals surface area contributed by atoms with Crippen LogP contribution in [0.1, 0.15) is 32.3 Å². The highest BCUT2D eigenvalue weighted by atomic mass is 19.1. The van der Waals surface area contributed by atoms with Gasteiger partial charge in [0.05, 0.1) is 6.61 Å². The number of ether oxygens (including phenoxy) is 1. The summed E-state index contributed by atoms with van der Waals surface area (Å²) >= 11 is 0. The van der Waals surface area contributed by atoms with E-state index in [1.54, 1.807) is 13.0 Å². The van der Waals surface area contributed by atoms with Crippen molar-refractivity contribution in [3.8, 4) is 0 Å². The van der Waals surface area contributed by atoms with Crippen molar-refractivity contribution < 1.29 is 13.9 Å². The highest BCUT2D eigenvalue weighted by Crippen LogP contribution is 2.03. The molecule has 0 aliphatic heterocycles. The Bertz CT molecular complexity index is 506. The standard InChI is InChI=1S/C17H26FN3O2/c1-3-19-17(20-11-6-9-16(22)23-4-2)21-12-10-14-7-5-8-15(18)13-14/h5,7-8,13H,3-4,6,9-12H2,1-2H3,(H2,19,20,21). The maximum Gasteiger partial charge on any atom is 0.305 e. The van der Waals surface area contributed by atoms with Crippen molar-refractivity contribution in [3.05, 3.63) is 35.6 Å². The molecule has 0 radical (unpaired) electrons. The highest BCUT2D eigenvalue weighted by Gasteiger charge is 2.02. The number of halogens is 1. The van der Waals surface area contributed by atoms with Crippen LogP contribution in [0.15, 0.2) is 29.3 Å². The molecule has 0 amide bonds. The fourth-order valence-electron chi connectivity index (χ4n) is 2.01. The van der Waals surface area contributed by atoms with Crippen LogP contribution in [0.2, 0.25) is 0 Å². The average Bonchev–Trinajstić information content (AvgIpc) is 2.52. The van der Waals surface area contributed by atoms with E-state index < -0.39 is 0 Å². The highest BCUT2D eigenvalue weighted by molar-refractivity contribution is 5.79. The Morgan fingerprint density at radius 1 is 1.30 bits per heavy atom. The molecule has 0 spiro atoms. The van der Waals surface area contributed by atoms with Gasteiger partial charge in [0.1, 0.15) is 5.82 Å². The molecule has 0 saturated carbocycles. The Morgan fingerprint density at radius 2 is 2.13 bits per heavy atom. The number of esters is 1. The van der Waals surface area contributed by atoms with E-state index in [0.29, 0.717) is 44.9 Å². The number of aliphatic imine (C=N–C) groups is 1. The zero-order valence-electron chi connectivity index (χ0n) is 13.9. The second-order valence-corrected chi connectivity index (χ2v) is 4.98. The van der Waals surface area contributed by atoms with Gasteiger partial charge in [-0.15, -0.1) is 0 Å². The summed E-state index contributed by atoms with van der Waals surface area (Å²) < 4.78 is 18.0. The number of guanidine groups is 1. The molecule has 1 rings (SSSR count). The predicted molar refractivity (Wildman–Crippen MR) is 90.0 cm³/mol. The molecule has 1 aromatic rings. The van der Waals surface area contributed by atoms with Crippen molar-refractivity contribution in [1.82, 2.24) is 10.6 Å². The lowest BCUT2D eigenvalue weighted by molar-refractivity contribution is -0.143. The SMILES string of the molecule is CCNC(=NCCCC(=O)OCC)NCCc1cccc(F)c1. The molecule has 6 heteroatoms. The van der Waals surface area contributed by atoms with Crippen molar-refractivity contribution in [3.63, 3.8) is 0 Å². The second kappa shape index (κ2) is 11.5. The Morgan fingerprint density at radius 3 is 2.83 bits per heavy atom. The van der Waals surface area contributed by atoms with Crippen LogP contribution in [0.4, 0.5) is 4.39 Å². The van der Waals surface area contributed by atoms with Crippen molar-refractivity contribution in [2.75, 3.05) is 26.2 Å². The van der Waals surface area contributed by atoms with Gasteiger partial charge < -0.3 is 15.4 Å². The van der Waals surface area contributed by atoms with Crippen LogP contribution in [0, 0.1) is 5.82 Å². The number of carbonyl (C=O) groups excluding carboxylic acids is 1. The first-order valence-electron chi connectivity index (χ1n) is 8.08. The summed E-state index contributed by atoms with van der Waals surface area (Å²) in [5.74, 6) is 0.293. The van der Waals surface area contributed by atoms with E-state index in [0.717, 1.165) is 12.1 Å². The van der Waals surface area contributed by atoms with E-state index in [4.69, 9.17) is 4.74 Å². The van der Waals surface area contributed by atoms with E-state index in [1.807, 2.05) is 13.0 Å². The summed E-state index contributed by atoms with van der Waals surface area (Å²) in [6.45, 7) is 6.15. The van der Waals surface area contributed by atoms with E-state index >= 15 is 0 Å². The largest absolute Gasteiger partial charge is 0.466 e. The summed E-state index contributed by atoms with van der Waals surface area (Å²) in [6.07, 6.45) is 1.74. The summed E-state index contributed by atoms with van der Waals surface area (Å²) in [5, 5.41) is 6.34. The number of hydrogen-bond donors (Lipinski definition) is 2. The minimum atomic E-state index is -0.220. The van der Waals surface area contributed by atoms with Crippen molar-refractivity contribution in [2.24, 2.45) is 4.99 Å². The van der Waals surface area contributed by atoms with E-state index in [9.17, 15) is 9.18 Å². The zero-order valence-corrected chi connectivity index (χ0v) is 13.9. The van der Waals surface area contributed by atoms with Crippen LogP contribution < -0.4 is 10.6 Å². The van der Waals surface area contributed by atoms with Gasteiger partial charge in [0.15, 0.2) is 5.96 Å². The van der Waals surface area contributed by atoms with E-state index in [1.165, 1.54) is 12.1 Å². The molecule has 1 aromatic carbocycles. The van der Waals surface area contributed by atoms with E-state index in [2.05, 4.69) is 15.6 Å². The normalized spacial score (nSPS) is 11.2. The summed E-state index contributed by atoms with van der Waals surface area (Å²) in [5.41, 5.74) is 0.940. The third kappa shape index (κ3) is 8.80. The van der Waals surface area contributed by atoms with Crippen LogP contribution >= 0.6 is 0 Å². The molecule has 0 fully saturated rings. The van der Waals surface area contributed by atoms with Crippen molar-refractivity contribution in [2.45, 2.75) is 33.1 Å². The molecule has 0 bridgehead atoms. The zero-order chi connectivity index (χ0) is 16.9. The molecule has 0 atom stereocenters. The van der Waals surface area contributed by atoms with Crippen molar-refractivity contribution >= 4 is 11.9 Å². The molecule has 128 valence electrons. The Kier molecular flexibility index (Phi) is 9.43. The van der Waals surface area contributed by atoms with Crippen LogP contribution in [0.5, 0.6) is 0 Å². The fraction of sp³-hybridized carbons (Fsp3) is 0.529. The maximum absolute atomic E-state index is 13.1. The lowest BCUT2D eigenvalue weighted by Gasteiger charge is -2.11. The monoisotopic (exact) mass is 323 g/mol. The van der Waals surface area contributed by atoms with Crippen molar-refractivity contribution in [1.29, 1.82) is 0 Å². The Labute approximate surface area is 137 Å². The maximum atomic E-state index is 13.1. The quantitative estimate of drug-likeness (QED) is 0.317. The molecular weight excluding hydrogens is 297 g/mol. The third-order valence-corrected chi connectivity index (χ3v) is 3.05. The van der Waals surface area contributed by atoms with Gasteiger partial charge in [0.25, 0.3) is 0 Å². The molecule has 23 heavy (non-hydrogen) atoms. The van der Waals surface area contributed by atoms with E-state index in [-0.39, 0.29) is 11.8 Å². The lowest BCUT2D eigenvalue weighted by Crippen LogP contribution is -2.38. The summed E-state index contributed by atoms with van der Waals surface area (Å²) in [7, 11) is 0. The van der Waals surface area contributed by atoms with Gasteiger partial charge >= 0.3 is 5.97 Å². The first-order chi connectivity index (χ1) is 11.2. The molecule has 0 aliphatic carbocycles. The number of nitrogens with zero attached hydrogens (tertiary/aromatic N) is 1. The summed E-state index contributed by atoms with van der Waals surface area (Å²) in [4.78, 5) is 15.6. The molecular formula is C17H26FN3O2. The van der Waals surface area contributed by atoms with Gasteiger partial charge in [-0.25, -0.2) is 4.39 Å². The minimum Gasteiger partial charge on any atom is -0.466 e. The molecule has 0 aliphatic rings. The van der Waals surface area contributed by atoms with Gasteiger partial charge in [-0.3, -0.25) is 9.79 Å². The van der Waals surface area contributed by atoms with Gasteiger partial charge in [-0.05, 0) is 44.4 Å². The molecule has 5 nitrogen and oxygen atoms in total. The number of hydrogen-bond acceptors (Lipinski definition) is 3. The number of benzene rings is 1. The smallest absolute Gasteiger partial charge is 0.305 e. The van der Waals surface area contributed by atoms with Gasteiger partial charge in [-0.2, -0.15) is 0 Å². The van der Waals surface area contributed by atoms with Gasteiger partial charge in [0.2, 0.25) is 0 Å². The van der Waals surface area contributed by atoms with Gasteiger partial charge in [0, 0.05) is 26.1 Å². The summed E-state index contributed by atoms with van der Waals surface area (Å²) in [6, 6.07) is 6.57. The lowest BCUT2D eigenvalue weighted by atomic mass is 10.1. The second-order valence-electron chi connectivity index (χ2n) is 4.98. The third-order valence-electron chi connectivity index (χ3n) is 3.05. The number of nitrogens with one attached hydrogen (secondary N) is 2. The first-order valence-corrected chi connectivity index (χ1v) is 8.08. The van der Waals surface area contributed by atoms with Crippen LogP contribution in [-0.4, -0.2) is 38.2 Å². The molecule has 0 aromatic heterocycles. The topological polar surface area (TPSA) is 62.7 Å². The molecule has 0 saturated heterocycles. The Balaban J connectivity index is 2.33. The van der Waals surface area contributed by atoms with Crippen LogP contribution in [-0.2, 0) is 16.0 Å². The molecule has 0 unspecified atom stereocenters. The fourth-order valence-corrected chi connectivity index (χ4v) is 2.01. The molecule has 2 N–H and O–H groups in total. The minimum absolute atomic E-state index is 0.188. The predicted octanol–water partition coefficient (Wildman–Crippen LogP) is 2.27. The average molecular weight is 323 g/mol. The van der Waals surface area contributed by atoms with Gasteiger partial charge in [-0.1, -0.05) is 12.1 Å². The first kappa shape index (κ1) is 18.9. The molecule has 0 heterocycles. The van der Waals surface area contributed by atoms with Crippen LogP contribution in [0.3, 0.4) is 0 Å². The van der Waals surface area contributed by atoms with Crippen LogP contribution in [0.25, 0.3) is 0 Å². The Hall–Kier alpha value is -2.11. The number of rotatable bonds is 9. The number of carbonyl (C=O) groups is 1.